The molecule has 120 valence electrons. The summed E-state index contributed by atoms with van der Waals surface area (Å²) in [5.41, 5.74) is 0.516. The predicted octanol–water partition coefficient (Wildman–Crippen LogP) is 1.62. The lowest BCUT2D eigenvalue weighted by Gasteiger charge is -2.17. The van der Waals surface area contributed by atoms with Crippen molar-refractivity contribution >= 4 is 5.91 Å². The Morgan fingerprint density at radius 1 is 1.17 bits per heavy atom. The molecule has 1 atom stereocenters. The highest BCUT2D eigenvalue weighted by molar-refractivity contribution is 5.94. The fourth-order valence-electron chi connectivity index (χ4n) is 2.59. The summed E-state index contributed by atoms with van der Waals surface area (Å²) in [5, 5.41) is 11.0. The van der Waals surface area contributed by atoms with Crippen LogP contribution < -0.4 is 14.2 Å². The van der Waals surface area contributed by atoms with Crippen molar-refractivity contribution in [2.75, 3.05) is 20.2 Å². The van der Waals surface area contributed by atoms with Gasteiger partial charge >= 0.3 is 0 Å². The molecule has 0 saturated carbocycles. The summed E-state index contributed by atoms with van der Waals surface area (Å²) in [6.45, 7) is 1.18. The zero-order valence-electron chi connectivity index (χ0n) is 12.8. The highest BCUT2D eigenvalue weighted by atomic mass is 16.5. The first-order valence-electron chi connectivity index (χ1n) is 7.44. The molecule has 2 aromatic rings. The van der Waals surface area contributed by atoms with Crippen molar-refractivity contribution in [1.82, 2.24) is 4.90 Å². The molecule has 1 unspecified atom stereocenters. The molecule has 0 spiro atoms. The second kappa shape index (κ2) is 6.56. The van der Waals surface area contributed by atoms with Gasteiger partial charge in [0.05, 0.1) is 19.2 Å². The number of benzene rings is 1. The standard InChI is InChI=1S/C17H18N2O4/c1-22-14-2-4-15(5-3-14)23-16-8-9-18(12-16)17(20)13-6-10-19(21)11-7-13/h2-7,10-11,16H,8-9,12H2,1H3. The van der Waals surface area contributed by atoms with E-state index in [0.717, 1.165) is 17.9 Å². The SMILES string of the molecule is COc1ccc(OC2CCN(C(=O)c3cc[n+]([O-])cc3)C2)cc1. The van der Waals surface area contributed by atoms with Crippen molar-refractivity contribution in [2.45, 2.75) is 12.5 Å². The minimum atomic E-state index is -0.0774. The number of hydrogen-bond donors (Lipinski definition) is 0. The van der Waals surface area contributed by atoms with Gasteiger partial charge in [-0.15, -0.1) is 0 Å². The van der Waals surface area contributed by atoms with Crippen LogP contribution in [-0.2, 0) is 0 Å². The molecule has 1 fully saturated rings. The monoisotopic (exact) mass is 314 g/mol. The molecule has 6 nitrogen and oxygen atoms in total. The second-order valence-electron chi connectivity index (χ2n) is 5.40. The smallest absolute Gasteiger partial charge is 0.254 e. The predicted molar refractivity (Wildman–Crippen MR) is 83.3 cm³/mol. The maximum Gasteiger partial charge on any atom is 0.254 e. The first kappa shape index (κ1) is 15.1. The van der Waals surface area contributed by atoms with Gasteiger partial charge in [0.1, 0.15) is 17.6 Å². The number of carbonyl (C=O) groups excluding carboxylic acids is 1. The van der Waals surface area contributed by atoms with E-state index in [1.54, 1.807) is 12.0 Å². The number of aromatic nitrogens is 1. The lowest BCUT2D eigenvalue weighted by molar-refractivity contribution is -0.605. The van der Waals surface area contributed by atoms with Crippen LogP contribution in [0.15, 0.2) is 48.8 Å². The molecule has 1 aliphatic heterocycles. The summed E-state index contributed by atoms with van der Waals surface area (Å²) in [7, 11) is 1.62. The Morgan fingerprint density at radius 3 is 2.48 bits per heavy atom. The Hall–Kier alpha value is -2.76. The third kappa shape index (κ3) is 3.53. The maximum absolute atomic E-state index is 12.4. The summed E-state index contributed by atoms with van der Waals surface area (Å²) in [4.78, 5) is 14.1. The third-order valence-corrected chi connectivity index (χ3v) is 3.84. The van der Waals surface area contributed by atoms with E-state index in [9.17, 15) is 10.0 Å². The van der Waals surface area contributed by atoms with E-state index in [4.69, 9.17) is 9.47 Å². The summed E-state index contributed by atoms with van der Waals surface area (Å²) >= 11 is 0. The molecule has 0 bridgehead atoms. The van der Waals surface area contributed by atoms with Crippen molar-refractivity contribution < 1.29 is 19.0 Å². The minimum absolute atomic E-state index is 0.0273. The highest BCUT2D eigenvalue weighted by Gasteiger charge is 2.28. The quantitative estimate of drug-likeness (QED) is 0.635. The Morgan fingerprint density at radius 2 is 1.83 bits per heavy atom. The number of likely N-dealkylation sites (tertiary alicyclic amines) is 1. The van der Waals surface area contributed by atoms with E-state index in [1.165, 1.54) is 24.5 Å². The van der Waals surface area contributed by atoms with Gasteiger partial charge in [-0.2, -0.15) is 4.73 Å². The fourth-order valence-corrected chi connectivity index (χ4v) is 2.59. The molecule has 2 heterocycles. The molecule has 1 amide bonds. The molecule has 23 heavy (non-hydrogen) atoms. The maximum atomic E-state index is 12.4. The van der Waals surface area contributed by atoms with E-state index in [2.05, 4.69) is 0 Å². The van der Waals surface area contributed by atoms with Gasteiger partial charge in [-0.1, -0.05) is 0 Å². The van der Waals surface area contributed by atoms with Crippen LogP contribution in [0, 0.1) is 5.21 Å². The average molecular weight is 314 g/mol. The van der Waals surface area contributed by atoms with Gasteiger partial charge in [0.2, 0.25) is 0 Å². The molecule has 6 heteroatoms. The topological polar surface area (TPSA) is 65.7 Å². The zero-order chi connectivity index (χ0) is 16.2. The summed E-state index contributed by atoms with van der Waals surface area (Å²) in [6.07, 6.45) is 3.41. The van der Waals surface area contributed by atoms with Gasteiger partial charge in [-0.05, 0) is 24.3 Å². The van der Waals surface area contributed by atoms with Crippen LogP contribution in [0.3, 0.4) is 0 Å². The van der Waals surface area contributed by atoms with Crippen LogP contribution in [0.1, 0.15) is 16.8 Å². The van der Waals surface area contributed by atoms with Crippen LogP contribution in [0.25, 0.3) is 0 Å². The molecular weight excluding hydrogens is 296 g/mol. The Kier molecular flexibility index (Phi) is 4.32. The van der Waals surface area contributed by atoms with E-state index in [-0.39, 0.29) is 12.0 Å². The van der Waals surface area contributed by atoms with E-state index >= 15 is 0 Å². The lowest BCUT2D eigenvalue weighted by atomic mass is 10.2. The Balaban J connectivity index is 1.59. The Labute approximate surface area is 134 Å². The van der Waals surface area contributed by atoms with Crippen molar-refractivity contribution in [1.29, 1.82) is 0 Å². The van der Waals surface area contributed by atoms with Crippen LogP contribution >= 0.6 is 0 Å². The number of hydrogen-bond acceptors (Lipinski definition) is 4. The van der Waals surface area contributed by atoms with E-state index in [0.29, 0.717) is 23.4 Å². The minimum Gasteiger partial charge on any atom is -0.619 e. The summed E-state index contributed by atoms with van der Waals surface area (Å²) in [6, 6.07) is 10.5. The largest absolute Gasteiger partial charge is 0.619 e. The van der Waals surface area contributed by atoms with Gasteiger partial charge in [-0.25, -0.2) is 0 Å². The van der Waals surface area contributed by atoms with Gasteiger partial charge in [0.25, 0.3) is 5.91 Å². The van der Waals surface area contributed by atoms with Crippen molar-refractivity contribution in [3.8, 4) is 11.5 Å². The molecule has 1 aromatic carbocycles. The van der Waals surface area contributed by atoms with Crippen molar-refractivity contribution in [3.63, 3.8) is 0 Å². The first-order valence-corrected chi connectivity index (χ1v) is 7.44. The van der Waals surface area contributed by atoms with Gasteiger partial charge in [-0.3, -0.25) is 4.79 Å². The van der Waals surface area contributed by atoms with E-state index < -0.39 is 0 Å². The van der Waals surface area contributed by atoms with Crippen LogP contribution in [0.5, 0.6) is 11.5 Å². The molecule has 3 rings (SSSR count). The van der Waals surface area contributed by atoms with Crippen LogP contribution in [-0.4, -0.2) is 37.1 Å². The van der Waals surface area contributed by atoms with E-state index in [1.807, 2.05) is 24.3 Å². The Bertz CT molecular complexity index is 670. The molecule has 0 N–H and O–H groups in total. The zero-order valence-corrected chi connectivity index (χ0v) is 12.8. The first-order chi connectivity index (χ1) is 11.2. The number of pyridine rings is 1. The summed E-state index contributed by atoms with van der Waals surface area (Å²) < 4.78 is 11.7. The molecule has 1 aliphatic rings. The van der Waals surface area contributed by atoms with Crippen LogP contribution in [0.4, 0.5) is 0 Å². The number of methoxy groups -OCH3 is 1. The normalized spacial score (nSPS) is 17.1. The van der Waals surface area contributed by atoms with Gasteiger partial charge < -0.3 is 19.6 Å². The molecule has 0 radical (unpaired) electrons. The summed E-state index contributed by atoms with van der Waals surface area (Å²) in [5.74, 6) is 1.46. The molecule has 1 saturated heterocycles. The lowest BCUT2D eigenvalue weighted by Crippen LogP contribution is -2.32. The van der Waals surface area contributed by atoms with Gasteiger partial charge in [0.15, 0.2) is 12.4 Å². The van der Waals surface area contributed by atoms with Gasteiger partial charge in [0, 0.05) is 25.1 Å². The number of ether oxygens (including phenoxy) is 2. The number of nitrogens with zero attached hydrogens (tertiary/aromatic N) is 2. The highest BCUT2D eigenvalue weighted by Crippen LogP contribution is 2.22. The van der Waals surface area contributed by atoms with Crippen molar-refractivity contribution in [2.24, 2.45) is 0 Å². The fraction of sp³-hybridized carbons (Fsp3) is 0.294. The molecule has 1 aromatic heterocycles. The molecule has 0 aliphatic carbocycles. The average Bonchev–Trinajstić information content (AvgIpc) is 3.04. The number of rotatable bonds is 4. The third-order valence-electron chi connectivity index (χ3n) is 3.84. The molecular formula is C17H18N2O4. The van der Waals surface area contributed by atoms with Crippen LogP contribution in [0.2, 0.25) is 0 Å². The number of amides is 1. The number of carbonyl (C=O) groups is 1. The second-order valence-corrected chi connectivity index (χ2v) is 5.40. The van der Waals surface area contributed by atoms with Crippen molar-refractivity contribution in [3.05, 3.63) is 59.6 Å².